The highest BCUT2D eigenvalue weighted by atomic mass is 32.2. The Balaban J connectivity index is 0.000000201. The first kappa shape index (κ1) is 102. The van der Waals surface area contributed by atoms with Gasteiger partial charge in [-0.05, 0) is 202 Å². The summed E-state index contributed by atoms with van der Waals surface area (Å²) in [6, 6.07) is 56.8. The number of nitrogens with two attached hydrogens (primary N) is 1. The number of nitro benzene ring substituents is 1. The number of hydrogen-bond donors (Lipinski definition) is 6. The normalized spacial score (nSPS) is 11.3. The molecule has 38 heteroatoms. The van der Waals surface area contributed by atoms with Crippen molar-refractivity contribution >= 4 is 123 Å². The molecule has 134 heavy (non-hydrogen) atoms. The Kier molecular flexibility index (Phi) is 36.0. The molecule has 0 heterocycles. The van der Waals surface area contributed by atoms with Gasteiger partial charge in [0, 0.05) is 34.9 Å². The number of anilines is 5. The number of rotatable bonds is 37. The Morgan fingerprint density at radius 1 is 0.269 bits per heavy atom. The Labute approximate surface area is 776 Å². The van der Waals surface area contributed by atoms with Gasteiger partial charge in [-0.1, -0.05) is 97.1 Å². The van der Waals surface area contributed by atoms with Gasteiger partial charge in [0.1, 0.15) is 5.75 Å². The van der Waals surface area contributed by atoms with E-state index in [1.165, 1.54) is 111 Å². The molecule has 0 aliphatic rings. The van der Waals surface area contributed by atoms with Crippen LogP contribution < -0.4 is 100 Å². The second-order valence-electron chi connectivity index (χ2n) is 27.7. The van der Waals surface area contributed by atoms with E-state index in [0.717, 1.165) is 62.7 Å². The fourth-order valence-corrected chi connectivity index (χ4v) is 16.9. The quantitative estimate of drug-likeness (QED) is 0.00911. The molecule has 0 unspecified atom stereocenters. The molecule has 0 aliphatic heterocycles. The van der Waals surface area contributed by atoms with Crippen LogP contribution in [0.2, 0.25) is 0 Å². The highest BCUT2D eigenvalue weighted by Gasteiger charge is 2.25. The van der Waals surface area contributed by atoms with Gasteiger partial charge in [0.2, 0.25) is 23.0 Å². The van der Waals surface area contributed by atoms with Crippen LogP contribution in [-0.4, -0.2) is 157 Å². The number of ether oxygens (including phenoxy) is 16. The molecule has 0 atom stereocenters. The minimum atomic E-state index is -4.05. The molecule has 0 aliphatic carbocycles. The number of nitro groups is 1. The number of hydrogen-bond acceptors (Lipinski definition) is 28. The molecule has 706 valence electrons. The van der Waals surface area contributed by atoms with Gasteiger partial charge in [0.15, 0.2) is 74.8 Å². The van der Waals surface area contributed by atoms with E-state index in [9.17, 15) is 53.3 Å². The third kappa shape index (κ3) is 26.8. The summed E-state index contributed by atoms with van der Waals surface area (Å²) >= 11 is 0. The standard InChI is InChI=1S/C24H24FNO6S.C24H24N2O8S.C24H26N2O6S.C24H25NO7S/c1-29-21-12-11-19(15-20(21)25)33(27,28)26-18-9-7-16(8-10-18)5-6-17-13-22(30-2)24(32-4)23(14-17)31-3;1-31-21-12-11-19(15-20(21)26(27)28)35(29,30)25-18-9-7-16(8-10-18)5-6-17-13-22(32-2)24(34-4)23(14-17)33-3;1-29-21-12-11-19(15-20(21)25)33(27,28)26-18-9-7-16(8-10-18)5-6-17-13-22(30-2)24(32-4)23(14-17)31-3;1-29-21-12-11-19(15-20(21)26)33(27,28)25-18-9-7-16(8-10-18)5-6-17-13-22(30-2)24(32-4)23(14-17)31-3/h5-15,26H,1-4H3;5-15,25H,1-4H3;5-15,26H,25H2,1-4H3;5-15,25-26H,1-4H3/b4*6-5-. The molecule has 7 N–H and O–H groups in total. The van der Waals surface area contributed by atoms with Gasteiger partial charge in [-0.2, -0.15) is 0 Å². The van der Waals surface area contributed by atoms with Gasteiger partial charge >= 0.3 is 5.69 Å². The average molecular weight is 1920 g/mol. The van der Waals surface area contributed by atoms with Crippen molar-refractivity contribution in [3.8, 4) is 97.7 Å². The minimum absolute atomic E-state index is 0.0304. The summed E-state index contributed by atoms with van der Waals surface area (Å²) in [6.07, 6.45) is 14.9. The molecular weight excluding hydrogens is 1820 g/mol. The monoisotopic (exact) mass is 1910 g/mol. The molecule has 0 bridgehead atoms. The fraction of sp³-hybridized carbons (Fsp3) is 0.167. The maximum atomic E-state index is 13.9. The van der Waals surface area contributed by atoms with Crippen molar-refractivity contribution in [2.45, 2.75) is 19.6 Å². The first-order valence-electron chi connectivity index (χ1n) is 39.6. The van der Waals surface area contributed by atoms with E-state index in [-0.39, 0.29) is 48.3 Å². The van der Waals surface area contributed by atoms with Crippen molar-refractivity contribution < 1.29 is 124 Å². The highest BCUT2D eigenvalue weighted by molar-refractivity contribution is 7.93. The summed E-state index contributed by atoms with van der Waals surface area (Å²) in [5.74, 6) is 5.89. The fourth-order valence-electron chi connectivity index (χ4n) is 12.6. The van der Waals surface area contributed by atoms with Crippen molar-refractivity contribution in [2.24, 2.45) is 0 Å². The lowest BCUT2D eigenvalue weighted by atomic mass is 10.1. The predicted octanol–water partition coefficient (Wildman–Crippen LogP) is 18.1. The summed E-state index contributed by atoms with van der Waals surface area (Å²) in [5, 5.41) is 21.1. The van der Waals surface area contributed by atoms with Crippen LogP contribution in [0.25, 0.3) is 48.6 Å². The lowest BCUT2D eigenvalue weighted by molar-refractivity contribution is -0.386. The molecule has 0 fully saturated rings. The number of aromatic hydroxyl groups is 1. The predicted molar refractivity (Wildman–Crippen MR) is 514 cm³/mol. The third-order valence-corrected chi connectivity index (χ3v) is 24.9. The van der Waals surface area contributed by atoms with Gasteiger partial charge in [-0.3, -0.25) is 29.0 Å². The van der Waals surface area contributed by atoms with Crippen LogP contribution in [0.3, 0.4) is 0 Å². The van der Waals surface area contributed by atoms with Crippen molar-refractivity contribution in [3.05, 3.63) is 279 Å². The van der Waals surface area contributed by atoms with Gasteiger partial charge < -0.3 is 86.6 Å². The van der Waals surface area contributed by atoms with E-state index in [0.29, 0.717) is 97.5 Å². The first-order valence-corrected chi connectivity index (χ1v) is 45.5. The number of nitrogen functional groups attached to an aromatic ring is 1. The van der Waals surface area contributed by atoms with Crippen LogP contribution >= 0.6 is 0 Å². The second kappa shape index (κ2) is 47.2. The lowest BCUT2D eigenvalue weighted by Crippen LogP contribution is -2.13. The average Bonchev–Trinajstić information content (AvgIpc) is 0.800. The van der Waals surface area contributed by atoms with E-state index in [4.69, 9.17) is 81.5 Å². The van der Waals surface area contributed by atoms with Gasteiger partial charge in [-0.15, -0.1) is 0 Å². The molecule has 33 nitrogen and oxygen atoms in total. The molecule has 12 aromatic rings. The molecular formula is C96H99FN6O27S4. The number of nitrogens with one attached hydrogen (secondary N) is 4. The summed E-state index contributed by atoms with van der Waals surface area (Å²) < 4.78 is 209. The van der Waals surface area contributed by atoms with Crippen LogP contribution in [0.15, 0.2) is 238 Å². The minimum Gasteiger partial charge on any atom is -0.504 e. The van der Waals surface area contributed by atoms with Crippen LogP contribution in [0.1, 0.15) is 44.5 Å². The molecule has 0 spiro atoms. The summed E-state index contributed by atoms with van der Waals surface area (Å²) in [4.78, 5) is 10.0. The van der Waals surface area contributed by atoms with E-state index >= 15 is 0 Å². The zero-order valence-corrected chi connectivity index (χ0v) is 78.8. The molecule has 0 radical (unpaired) electrons. The number of benzene rings is 12. The number of halogens is 1. The lowest BCUT2D eigenvalue weighted by Gasteiger charge is -2.12. The summed E-state index contributed by atoms with van der Waals surface area (Å²) in [7, 11) is 8.32. The summed E-state index contributed by atoms with van der Waals surface area (Å²) in [6.45, 7) is 0. The Hall–Kier alpha value is -15.7. The number of sulfonamides is 4. The van der Waals surface area contributed by atoms with Crippen molar-refractivity contribution in [1.29, 1.82) is 0 Å². The Morgan fingerprint density at radius 2 is 0.485 bits per heavy atom. The van der Waals surface area contributed by atoms with Crippen molar-refractivity contribution in [3.63, 3.8) is 0 Å². The third-order valence-electron chi connectivity index (χ3n) is 19.3. The maximum absolute atomic E-state index is 13.9. The smallest absolute Gasteiger partial charge is 0.312 e. The highest BCUT2D eigenvalue weighted by Crippen LogP contribution is 2.44. The van der Waals surface area contributed by atoms with E-state index in [1.807, 2.05) is 85.0 Å². The van der Waals surface area contributed by atoms with Crippen LogP contribution in [-0.2, 0) is 40.1 Å². The zero-order valence-electron chi connectivity index (χ0n) is 75.5. The largest absolute Gasteiger partial charge is 0.504 e. The van der Waals surface area contributed by atoms with Gasteiger partial charge in [0.05, 0.1) is 144 Å². The Morgan fingerprint density at radius 3 is 0.709 bits per heavy atom. The Bertz CT molecular complexity index is 6160. The maximum Gasteiger partial charge on any atom is 0.312 e. The van der Waals surface area contributed by atoms with Crippen molar-refractivity contribution in [2.75, 3.05) is 138 Å². The molecule has 12 aromatic carbocycles. The number of nitrogens with zero attached hydrogens (tertiary/aromatic N) is 1. The molecule has 0 saturated carbocycles. The zero-order chi connectivity index (χ0) is 97.6. The molecule has 0 aromatic heterocycles. The number of phenols is 1. The molecule has 0 amide bonds. The van der Waals surface area contributed by atoms with Crippen LogP contribution in [0, 0.1) is 15.9 Å². The van der Waals surface area contributed by atoms with Crippen molar-refractivity contribution in [1.82, 2.24) is 0 Å². The topological polar surface area (TPSA) is 422 Å². The molecule has 0 saturated heterocycles. The molecule has 12 rings (SSSR count). The van der Waals surface area contributed by atoms with Gasteiger partial charge in [0.25, 0.3) is 40.1 Å². The van der Waals surface area contributed by atoms with Gasteiger partial charge in [-0.25, -0.2) is 38.1 Å². The second-order valence-corrected chi connectivity index (χ2v) is 34.4. The SMILES string of the molecule is COc1ccc(S(=O)(=O)Nc2ccc(/C=C\c3cc(OC)c(OC)c(OC)c3)cc2)cc1F.COc1ccc(S(=O)(=O)Nc2ccc(/C=C\c3cc(OC)c(OC)c(OC)c3)cc2)cc1N.COc1ccc(S(=O)(=O)Nc2ccc(/C=C\c3cc(OC)c(OC)c(OC)c3)cc2)cc1O.COc1ccc(S(=O)(=O)Nc2ccc(/C=C\c3cc(OC)c(OC)c(OC)c3)cc2)cc1[N+](=O)[O-]. The number of phenolic OH excluding ortho intramolecular Hbond substituents is 1. The van der Waals surface area contributed by atoms with E-state index < -0.39 is 56.5 Å². The van der Waals surface area contributed by atoms with E-state index in [1.54, 1.807) is 166 Å². The van der Waals surface area contributed by atoms with Crippen LogP contribution in [0.4, 0.5) is 38.5 Å². The van der Waals surface area contributed by atoms with E-state index in [2.05, 4.69) is 18.9 Å². The summed E-state index contributed by atoms with van der Waals surface area (Å²) in [5.41, 5.74) is 13.8. The first-order chi connectivity index (χ1) is 64.1. The van der Waals surface area contributed by atoms with Crippen LogP contribution in [0.5, 0.6) is 97.7 Å². The number of methoxy groups -OCH3 is 16.